The van der Waals surface area contributed by atoms with Gasteiger partial charge in [-0.15, -0.1) is 0 Å². The normalized spacial score (nSPS) is 14.0. The highest BCUT2D eigenvalue weighted by Crippen LogP contribution is 2.29. The number of nitrogens with one attached hydrogen (secondary N) is 1. The van der Waals surface area contributed by atoms with E-state index < -0.39 is 0 Å². The molecule has 8 nitrogen and oxygen atoms in total. The van der Waals surface area contributed by atoms with Crippen LogP contribution >= 0.6 is 0 Å². The Morgan fingerprint density at radius 3 is 2.81 bits per heavy atom. The molecular formula is C18H17N5O3. The molecule has 0 aliphatic carbocycles. The Hall–Kier alpha value is -3.42. The van der Waals surface area contributed by atoms with Crippen molar-refractivity contribution in [3.8, 4) is 17.3 Å². The SMILES string of the molecule is COc1ccccc1NC(=O)N1CC(c2nc(-c3ccccn3)no2)C1. The zero-order chi connectivity index (χ0) is 17.9. The van der Waals surface area contributed by atoms with Crippen LogP contribution in [0.3, 0.4) is 0 Å². The maximum absolute atomic E-state index is 12.3. The number of carbonyl (C=O) groups is 1. The van der Waals surface area contributed by atoms with E-state index in [1.54, 1.807) is 30.3 Å². The van der Waals surface area contributed by atoms with Gasteiger partial charge in [0.1, 0.15) is 11.4 Å². The summed E-state index contributed by atoms with van der Waals surface area (Å²) < 4.78 is 10.6. The number of urea groups is 1. The summed E-state index contributed by atoms with van der Waals surface area (Å²) in [5, 5.41) is 6.82. The van der Waals surface area contributed by atoms with Crippen molar-refractivity contribution in [1.29, 1.82) is 0 Å². The summed E-state index contributed by atoms with van der Waals surface area (Å²) in [6.07, 6.45) is 1.68. The predicted octanol–water partition coefficient (Wildman–Crippen LogP) is 2.77. The third-order valence-corrected chi connectivity index (χ3v) is 4.20. The molecule has 1 fully saturated rings. The fourth-order valence-electron chi connectivity index (χ4n) is 2.74. The number of pyridine rings is 1. The third kappa shape index (κ3) is 3.08. The quantitative estimate of drug-likeness (QED) is 0.777. The van der Waals surface area contributed by atoms with E-state index in [2.05, 4.69) is 20.4 Å². The van der Waals surface area contributed by atoms with Gasteiger partial charge in [-0.3, -0.25) is 4.98 Å². The minimum Gasteiger partial charge on any atom is -0.495 e. The molecule has 1 N–H and O–H groups in total. The number of rotatable bonds is 4. The van der Waals surface area contributed by atoms with Crippen LogP contribution in [0.5, 0.6) is 5.75 Å². The molecule has 1 aromatic carbocycles. The van der Waals surface area contributed by atoms with E-state index in [0.29, 0.717) is 41.9 Å². The van der Waals surface area contributed by atoms with Crippen LogP contribution < -0.4 is 10.1 Å². The molecule has 2 aromatic heterocycles. The maximum atomic E-state index is 12.3. The molecule has 0 unspecified atom stereocenters. The number of para-hydroxylation sites is 2. The number of amides is 2. The fourth-order valence-corrected chi connectivity index (χ4v) is 2.74. The number of likely N-dealkylation sites (tertiary alicyclic amines) is 1. The molecule has 2 amide bonds. The largest absolute Gasteiger partial charge is 0.495 e. The summed E-state index contributed by atoms with van der Waals surface area (Å²) in [6.45, 7) is 1.04. The Labute approximate surface area is 149 Å². The van der Waals surface area contributed by atoms with Crippen molar-refractivity contribution in [2.75, 3.05) is 25.5 Å². The van der Waals surface area contributed by atoms with Gasteiger partial charge in [-0.1, -0.05) is 23.4 Å². The van der Waals surface area contributed by atoms with E-state index in [1.165, 1.54) is 0 Å². The van der Waals surface area contributed by atoms with Crippen molar-refractivity contribution < 1.29 is 14.1 Å². The monoisotopic (exact) mass is 351 g/mol. The highest BCUT2D eigenvalue weighted by Gasteiger charge is 2.36. The standard InChI is InChI=1S/C18H17N5O3/c1-25-15-8-3-2-6-13(15)20-18(24)23-10-12(11-23)17-21-16(22-26-17)14-7-4-5-9-19-14/h2-9,12H,10-11H2,1H3,(H,20,24). The van der Waals surface area contributed by atoms with Crippen LogP contribution in [-0.4, -0.2) is 46.3 Å². The van der Waals surface area contributed by atoms with Gasteiger partial charge >= 0.3 is 6.03 Å². The Morgan fingerprint density at radius 1 is 1.23 bits per heavy atom. The number of carbonyl (C=O) groups excluding carboxylic acids is 1. The lowest BCUT2D eigenvalue weighted by molar-refractivity contribution is 0.147. The van der Waals surface area contributed by atoms with Crippen LogP contribution in [0, 0.1) is 0 Å². The topological polar surface area (TPSA) is 93.4 Å². The van der Waals surface area contributed by atoms with Gasteiger partial charge in [0, 0.05) is 19.3 Å². The Balaban J connectivity index is 1.37. The van der Waals surface area contributed by atoms with Gasteiger partial charge < -0.3 is 19.5 Å². The molecule has 3 heterocycles. The molecule has 4 rings (SSSR count). The van der Waals surface area contributed by atoms with Crippen LogP contribution in [0.2, 0.25) is 0 Å². The van der Waals surface area contributed by atoms with Crippen molar-refractivity contribution in [1.82, 2.24) is 20.0 Å². The second kappa shape index (κ2) is 6.83. The molecule has 0 spiro atoms. The Morgan fingerprint density at radius 2 is 2.04 bits per heavy atom. The van der Waals surface area contributed by atoms with Crippen LogP contribution in [-0.2, 0) is 0 Å². The lowest BCUT2D eigenvalue weighted by Gasteiger charge is -2.36. The van der Waals surface area contributed by atoms with Gasteiger partial charge in [-0.2, -0.15) is 4.98 Å². The van der Waals surface area contributed by atoms with Crippen molar-refractivity contribution >= 4 is 11.7 Å². The van der Waals surface area contributed by atoms with Crippen LogP contribution in [0.15, 0.2) is 53.2 Å². The number of nitrogens with zero attached hydrogens (tertiary/aromatic N) is 4. The summed E-state index contributed by atoms with van der Waals surface area (Å²) in [6, 6.07) is 12.6. The molecule has 0 radical (unpaired) electrons. The maximum Gasteiger partial charge on any atom is 0.321 e. The smallest absolute Gasteiger partial charge is 0.321 e. The third-order valence-electron chi connectivity index (χ3n) is 4.20. The molecule has 1 aliphatic heterocycles. The van der Waals surface area contributed by atoms with Gasteiger partial charge in [0.15, 0.2) is 0 Å². The highest BCUT2D eigenvalue weighted by atomic mass is 16.5. The van der Waals surface area contributed by atoms with Crippen LogP contribution in [0.4, 0.5) is 10.5 Å². The summed E-state index contributed by atoms with van der Waals surface area (Å²) in [4.78, 5) is 22.6. The van der Waals surface area contributed by atoms with Gasteiger partial charge in [0.2, 0.25) is 11.7 Å². The molecule has 1 saturated heterocycles. The molecule has 3 aromatic rings. The number of anilines is 1. The summed E-state index contributed by atoms with van der Waals surface area (Å²) in [5.74, 6) is 1.63. The zero-order valence-electron chi connectivity index (χ0n) is 14.1. The van der Waals surface area contributed by atoms with E-state index in [9.17, 15) is 4.79 Å². The van der Waals surface area contributed by atoms with E-state index in [1.807, 2.05) is 30.3 Å². The van der Waals surface area contributed by atoms with Crippen molar-refractivity contribution in [2.45, 2.75) is 5.92 Å². The molecule has 0 atom stereocenters. The molecule has 8 heteroatoms. The van der Waals surface area contributed by atoms with E-state index >= 15 is 0 Å². The Bertz CT molecular complexity index is 906. The number of methoxy groups -OCH3 is 1. The number of hydrogen-bond donors (Lipinski definition) is 1. The average Bonchev–Trinajstić information content (AvgIpc) is 3.11. The van der Waals surface area contributed by atoms with Gasteiger partial charge in [-0.25, -0.2) is 4.79 Å². The summed E-state index contributed by atoms with van der Waals surface area (Å²) in [5.41, 5.74) is 1.30. The summed E-state index contributed by atoms with van der Waals surface area (Å²) in [7, 11) is 1.57. The minimum atomic E-state index is -0.185. The Kier molecular flexibility index (Phi) is 4.22. The van der Waals surface area contributed by atoms with E-state index in [-0.39, 0.29) is 11.9 Å². The van der Waals surface area contributed by atoms with Crippen molar-refractivity contribution in [3.05, 3.63) is 54.6 Å². The summed E-state index contributed by atoms with van der Waals surface area (Å²) >= 11 is 0. The first-order valence-electron chi connectivity index (χ1n) is 8.18. The number of hydrogen-bond acceptors (Lipinski definition) is 6. The lowest BCUT2D eigenvalue weighted by atomic mass is 10.0. The molecule has 0 bridgehead atoms. The van der Waals surface area contributed by atoms with E-state index in [4.69, 9.17) is 9.26 Å². The second-order valence-corrected chi connectivity index (χ2v) is 5.90. The predicted molar refractivity (Wildman–Crippen MR) is 93.9 cm³/mol. The lowest BCUT2D eigenvalue weighted by Crippen LogP contribution is -2.50. The minimum absolute atomic E-state index is 0.0309. The van der Waals surface area contributed by atoms with Crippen molar-refractivity contribution in [2.24, 2.45) is 0 Å². The van der Waals surface area contributed by atoms with Gasteiger partial charge in [0.05, 0.1) is 18.7 Å². The first-order valence-corrected chi connectivity index (χ1v) is 8.18. The fraction of sp³-hybridized carbons (Fsp3) is 0.222. The van der Waals surface area contributed by atoms with E-state index in [0.717, 1.165) is 0 Å². The first kappa shape index (κ1) is 16.1. The van der Waals surface area contributed by atoms with Crippen LogP contribution in [0.25, 0.3) is 11.5 Å². The molecule has 132 valence electrons. The number of ether oxygens (including phenoxy) is 1. The van der Waals surface area contributed by atoms with Gasteiger partial charge in [0.25, 0.3) is 0 Å². The molecule has 1 aliphatic rings. The first-order chi connectivity index (χ1) is 12.7. The second-order valence-electron chi connectivity index (χ2n) is 5.90. The molecule has 26 heavy (non-hydrogen) atoms. The zero-order valence-corrected chi connectivity index (χ0v) is 14.1. The van der Waals surface area contributed by atoms with Gasteiger partial charge in [-0.05, 0) is 24.3 Å². The number of benzene rings is 1. The number of aromatic nitrogens is 3. The molecule has 0 saturated carbocycles. The van der Waals surface area contributed by atoms with Crippen molar-refractivity contribution in [3.63, 3.8) is 0 Å². The average molecular weight is 351 g/mol. The molecular weight excluding hydrogens is 334 g/mol. The highest BCUT2D eigenvalue weighted by molar-refractivity contribution is 5.91. The van der Waals surface area contributed by atoms with Crippen LogP contribution in [0.1, 0.15) is 11.8 Å².